The molecule has 180 valence electrons. The van der Waals surface area contributed by atoms with Crippen molar-refractivity contribution in [3.8, 4) is 0 Å². The van der Waals surface area contributed by atoms with Crippen molar-refractivity contribution >= 4 is 27.0 Å². The Morgan fingerprint density at radius 3 is 1.73 bits per heavy atom. The van der Waals surface area contributed by atoms with Gasteiger partial charge in [-0.05, 0) is 18.1 Å². The summed E-state index contributed by atoms with van der Waals surface area (Å²) in [5, 5.41) is -1.12. The summed E-state index contributed by atoms with van der Waals surface area (Å²) in [4.78, 5) is 0. The third kappa shape index (κ3) is 5.49. The van der Waals surface area contributed by atoms with Gasteiger partial charge < -0.3 is 13.3 Å². The predicted molar refractivity (Wildman–Crippen MR) is 114 cm³/mol. The second-order valence-electron chi connectivity index (χ2n) is 9.81. The lowest BCUT2D eigenvalue weighted by Crippen LogP contribution is -2.67. The molecule has 0 aromatic carbocycles. The summed E-state index contributed by atoms with van der Waals surface area (Å²) in [6.07, 6.45) is -2.77. The molecular formula is C18H37F3O6SSi2. The standard InChI is InChI=1S/C18H37F3O6SSi2/c1-10-29(11-2,12-3)26-14-13-24-30(16(4,5)6,17(7,8)9)27-15(14)25-28(22,23)18(19,20)21/h14-15H,10-13H2,1-9H3/t14-,15-/m1/s1. The van der Waals surface area contributed by atoms with Crippen LogP contribution in [0, 0.1) is 0 Å². The molecule has 1 heterocycles. The van der Waals surface area contributed by atoms with Crippen molar-refractivity contribution in [2.45, 2.75) is 108 Å². The molecule has 0 spiro atoms. The van der Waals surface area contributed by atoms with Crippen LogP contribution in [0.2, 0.25) is 28.2 Å². The Balaban J connectivity index is 3.46. The quantitative estimate of drug-likeness (QED) is 0.258. The first kappa shape index (κ1) is 28.0. The van der Waals surface area contributed by atoms with E-state index in [4.69, 9.17) is 13.3 Å². The molecule has 0 unspecified atom stereocenters. The Kier molecular flexibility index (Phi) is 8.51. The lowest BCUT2D eigenvalue weighted by molar-refractivity contribution is -0.158. The van der Waals surface area contributed by atoms with Gasteiger partial charge in [0.15, 0.2) is 14.6 Å². The molecule has 1 rings (SSSR count). The van der Waals surface area contributed by atoms with Crippen LogP contribution in [0.3, 0.4) is 0 Å². The van der Waals surface area contributed by atoms with E-state index in [9.17, 15) is 21.6 Å². The normalized spacial score (nSPS) is 24.1. The molecule has 1 fully saturated rings. The number of rotatable bonds is 7. The minimum atomic E-state index is -5.87. The van der Waals surface area contributed by atoms with E-state index in [1.165, 1.54) is 0 Å². The average Bonchev–Trinajstić information content (AvgIpc) is 2.57. The Hall–Kier alpha value is 0.0138. The van der Waals surface area contributed by atoms with Crippen LogP contribution < -0.4 is 0 Å². The Morgan fingerprint density at radius 2 is 1.40 bits per heavy atom. The van der Waals surface area contributed by atoms with Gasteiger partial charge >= 0.3 is 24.2 Å². The average molecular weight is 495 g/mol. The topological polar surface area (TPSA) is 71.1 Å². The van der Waals surface area contributed by atoms with Crippen LogP contribution in [-0.4, -0.2) is 49.8 Å². The summed E-state index contributed by atoms with van der Waals surface area (Å²) in [6, 6.07) is 2.20. The van der Waals surface area contributed by atoms with Crippen LogP contribution in [0.1, 0.15) is 62.3 Å². The van der Waals surface area contributed by atoms with Crippen molar-refractivity contribution in [3.63, 3.8) is 0 Å². The SMILES string of the molecule is CC[Si](CC)(CC)O[C@@H]1CO[Si](C(C)(C)C)(C(C)(C)C)O[C@H]1OS(=O)(=O)C(F)(F)F. The highest BCUT2D eigenvalue weighted by atomic mass is 32.2. The summed E-state index contributed by atoms with van der Waals surface area (Å²) in [6.45, 7) is 17.1. The lowest BCUT2D eigenvalue weighted by atomic mass is 10.2. The Labute approximate surface area is 181 Å². The number of hydrogen-bond acceptors (Lipinski definition) is 6. The van der Waals surface area contributed by atoms with E-state index in [0.29, 0.717) is 0 Å². The second-order valence-corrected chi connectivity index (χ2v) is 20.9. The molecule has 0 N–H and O–H groups in total. The molecule has 6 nitrogen and oxygen atoms in total. The predicted octanol–water partition coefficient (Wildman–Crippen LogP) is 5.66. The van der Waals surface area contributed by atoms with Crippen LogP contribution in [0.15, 0.2) is 0 Å². The van der Waals surface area contributed by atoms with Gasteiger partial charge in [0.05, 0.1) is 6.61 Å². The summed E-state index contributed by atoms with van der Waals surface area (Å²) in [5.41, 5.74) is -5.55. The third-order valence-corrected chi connectivity index (χ3v) is 16.6. The molecule has 12 heteroatoms. The van der Waals surface area contributed by atoms with Gasteiger partial charge in [0.2, 0.25) is 0 Å². The van der Waals surface area contributed by atoms with Crippen molar-refractivity contribution in [3.05, 3.63) is 0 Å². The molecule has 2 atom stereocenters. The molecule has 1 saturated heterocycles. The number of alkyl halides is 3. The van der Waals surface area contributed by atoms with Gasteiger partial charge in [-0.25, -0.2) is 4.18 Å². The molecule has 0 aromatic heterocycles. The smallest absolute Gasteiger partial charge is 0.406 e. The first-order chi connectivity index (χ1) is 13.3. The maximum absolute atomic E-state index is 13.1. The maximum Gasteiger partial charge on any atom is 0.523 e. The highest BCUT2D eigenvalue weighted by Gasteiger charge is 2.64. The van der Waals surface area contributed by atoms with E-state index >= 15 is 0 Å². The molecule has 0 amide bonds. The van der Waals surface area contributed by atoms with E-state index in [1.54, 1.807) is 0 Å². The highest BCUT2D eigenvalue weighted by Crippen LogP contribution is 2.54. The molecule has 0 aromatic rings. The van der Waals surface area contributed by atoms with Gasteiger partial charge in [0, 0.05) is 10.1 Å². The van der Waals surface area contributed by atoms with Gasteiger partial charge in [-0.3, -0.25) is 0 Å². The zero-order chi connectivity index (χ0) is 23.8. The molecule has 0 bridgehead atoms. The highest BCUT2D eigenvalue weighted by molar-refractivity contribution is 7.87. The molecule has 1 aliphatic rings. The largest absolute Gasteiger partial charge is 0.523 e. The minimum absolute atomic E-state index is 0.0758. The fourth-order valence-corrected chi connectivity index (χ4v) is 12.4. The van der Waals surface area contributed by atoms with E-state index in [-0.39, 0.29) is 6.61 Å². The Bertz CT molecular complexity index is 659. The van der Waals surface area contributed by atoms with E-state index in [0.717, 1.165) is 18.1 Å². The van der Waals surface area contributed by atoms with Crippen LogP contribution in [-0.2, 0) is 27.6 Å². The van der Waals surface area contributed by atoms with E-state index < -0.39 is 55.0 Å². The van der Waals surface area contributed by atoms with Gasteiger partial charge in [0.1, 0.15) is 6.10 Å². The van der Waals surface area contributed by atoms with Crippen molar-refractivity contribution in [2.24, 2.45) is 0 Å². The fourth-order valence-electron chi connectivity index (χ4n) is 4.13. The van der Waals surface area contributed by atoms with Crippen LogP contribution in [0.25, 0.3) is 0 Å². The maximum atomic E-state index is 13.1. The minimum Gasteiger partial charge on any atom is -0.406 e. The molecule has 0 saturated carbocycles. The molecular weight excluding hydrogens is 457 g/mol. The van der Waals surface area contributed by atoms with Gasteiger partial charge in [-0.2, -0.15) is 21.6 Å². The number of hydrogen-bond donors (Lipinski definition) is 0. The van der Waals surface area contributed by atoms with Crippen LogP contribution in [0.5, 0.6) is 0 Å². The van der Waals surface area contributed by atoms with Crippen molar-refractivity contribution in [1.82, 2.24) is 0 Å². The summed E-state index contributed by atoms with van der Waals surface area (Å²) < 4.78 is 86.3. The third-order valence-electron chi connectivity index (χ3n) is 5.85. The Morgan fingerprint density at radius 1 is 0.967 bits per heavy atom. The van der Waals surface area contributed by atoms with Crippen molar-refractivity contribution in [1.29, 1.82) is 0 Å². The zero-order valence-electron chi connectivity index (χ0n) is 19.5. The first-order valence-corrected chi connectivity index (χ1v) is 16.1. The van der Waals surface area contributed by atoms with Crippen molar-refractivity contribution in [2.75, 3.05) is 6.61 Å². The van der Waals surface area contributed by atoms with E-state index in [2.05, 4.69) is 4.18 Å². The van der Waals surface area contributed by atoms with Gasteiger partial charge in [0.25, 0.3) is 0 Å². The molecule has 0 radical (unpaired) electrons. The summed E-state index contributed by atoms with van der Waals surface area (Å²) in [7, 11) is -11.5. The molecule has 0 aliphatic carbocycles. The van der Waals surface area contributed by atoms with Crippen molar-refractivity contribution < 1.29 is 39.1 Å². The van der Waals surface area contributed by atoms with E-state index in [1.807, 2.05) is 62.3 Å². The molecule has 1 aliphatic heterocycles. The summed E-state index contributed by atoms with van der Waals surface area (Å²) in [5.74, 6) is 0. The number of halogens is 3. The van der Waals surface area contributed by atoms with Gasteiger partial charge in [-0.1, -0.05) is 62.3 Å². The monoisotopic (exact) mass is 494 g/mol. The zero-order valence-corrected chi connectivity index (χ0v) is 22.3. The van der Waals surface area contributed by atoms with Gasteiger partial charge in [-0.15, -0.1) is 0 Å². The molecule has 30 heavy (non-hydrogen) atoms. The van der Waals surface area contributed by atoms with Crippen LogP contribution in [0.4, 0.5) is 13.2 Å². The second kappa shape index (κ2) is 9.10. The first-order valence-electron chi connectivity index (χ1n) is 10.3. The fraction of sp³-hybridized carbons (Fsp3) is 1.00. The summed E-state index contributed by atoms with van der Waals surface area (Å²) >= 11 is 0. The lowest BCUT2D eigenvalue weighted by Gasteiger charge is -2.54. The van der Waals surface area contributed by atoms with Crippen LogP contribution >= 0.6 is 0 Å².